The molecule has 0 aliphatic carbocycles. The molecule has 0 radical (unpaired) electrons. The number of methoxy groups -OCH3 is 2. The standard InChI is InChI=1S/C53H60F6N4O5/c1-33-39(21-11-23-41(33)54)43-45(47(64)35-15-7-5-8-16-35)62(27-29-67-3)50(52(43,56)57,37-19-13-25-60-31-37)49(66)51(38-20-14-26-61-32-38)53(58,59)44(40-22-12-24-42(55)34(40)2)46(63(51)28-30-68-4)48(65)36-17-9-6-10-18-36/h5-12,15-18,21-24,37-38,43-46,60-61H,13-14,19-20,25-32H2,1-4H3/t37?,38?,43-,44-,45-,46-,50+,51+/m0/s1. The number of ketones is 3. The van der Waals surface area contributed by atoms with Crippen LogP contribution < -0.4 is 10.6 Å². The average molecular weight is 947 g/mol. The highest BCUT2D eigenvalue weighted by atomic mass is 19.3. The van der Waals surface area contributed by atoms with Crippen molar-refractivity contribution in [1.29, 1.82) is 0 Å². The van der Waals surface area contributed by atoms with Gasteiger partial charge in [-0.1, -0.05) is 84.9 Å². The van der Waals surface area contributed by atoms with Gasteiger partial charge in [0.05, 0.1) is 37.1 Å². The molecule has 2 unspecified atom stereocenters. The normalized spacial score (nSPS) is 29.5. The number of hydrogen-bond donors (Lipinski definition) is 2. The van der Waals surface area contributed by atoms with E-state index in [0.717, 1.165) is 21.9 Å². The zero-order valence-corrected chi connectivity index (χ0v) is 38.9. The van der Waals surface area contributed by atoms with Crippen LogP contribution in [-0.2, 0) is 14.3 Å². The van der Waals surface area contributed by atoms with Crippen LogP contribution in [0.4, 0.5) is 26.3 Å². The Morgan fingerprint density at radius 3 is 1.31 bits per heavy atom. The van der Waals surface area contributed by atoms with E-state index in [2.05, 4.69) is 10.6 Å². The summed E-state index contributed by atoms with van der Waals surface area (Å²) in [6.07, 6.45) is 0.467. The lowest BCUT2D eigenvalue weighted by molar-refractivity contribution is -0.201. The molecular weight excluding hydrogens is 887 g/mol. The van der Waals surface area contributed by atoms with Gasteiger partial charge in [-0.3, -0.25) is 24.2 Å². The number of piperidine rings is 2. The fraction of sp³-hybridized carbons (Fsp3) is 0.491. The van der Waals surface area contributed by atoms with Crippen molar-refractivity contribution in [2.45, 2.75) is 86.4 Å². The molecule has 0 spiro atoms. The number of hydrogen-bond acceptors (Lipinski definition) is 9. The van der Waals surface area contributed by atoms with Crippen LogP contribution in [0.1, 0.15) is 80.5 Å². The molecule has 4 aromatic carbocycles. The lowest BCUT2D eigenvalue weighted by Crippen LogP contribution is -2.79. The van der Waals surface area contributed by atoms with Gasteiger partial charge >= 0.3 is 0 Å². The number of halogens is 6. The topological polar surface area (TPSA) is 100 Å². The van der Waals surface area contributed by atoms with Gasteiger partial charge in [-0.15, -0.1) is 0 Å². The number of carbonyl (C=O) groups excluding carboxylic acids is 3. The van der Waals surface area contributed by atoms with Gasteiger partial charge in [0.25, 0.3) is 11.8 Å². The molecular formula is C53H60F6N4O5. The van der Waals surface area contributed by atoms with Gasteiger partial charge in [-0.05, 0) is 87.0 Å². The van der Waals surface area contributed by atoms with Crippen LogP contribution in [0.3, 0.4) is 0 Å². The number of carbonyl (C=O) groups is 3. The van der Waals surface area contributed by atoms with Gasteiger partial charge < -0.3 is 20.1 Å². The molecule has 4 fully saturated rings. The number of alkyl halides is 4. The van der Waals surface area contributed by atoms with E-state index < -0.39 is 101 Å². The van der Waals surface area contributed by atoms with Crippen molar-refractivity contribution in [3.8, 4) is 0 Å². The molecule has 4 aromatic rings. The summed E-state index contributed by atoms with van der Waals surface area (Å²) in [7, 11) is 2.67. The molecule has 8 rings (SSSR count). The first-order valence-electron chi connectivity index (χ1n) is 23.6. The fourth-order valence-electron chi connectivity index (χ4n) is 12.5. The number of nitrogens with zero attached hydrogens (tertiary/aromatic N) is 2. The third-order valence-corrected chi connectivity index (χ3v) is 15.5. The second-order valence-corrected chi connectivity index (χ2v) is 18.8. The Hall–Kier alpha value is -4.77. The Bertz CT molecular complexity index is 2280. The molecule has 4 heterocycles. The van der Waals surface area contributed by atoms with Crippen LogP contribution in [0, 0.1) is 37.3 Å². The first-order valence-corrected chi connectivity index (χ1v) is 23.6. The third-order valence-electron chi connectivity index (χ3n) is 15.5. The summed E-state index contributed by atoms with van der Waals surface area (Å²) in [6.45, 7) is 1.35. The SMILES string of the molecule is COCCN1[C@H](C(=O)c2ccccc2)[C@H](c2cccc(F)c2C)C(F)(F)[C@]1(C(=O)[C@@]1(C2CCCNC2)N(CCOC)[C@H](C(=O)c2ccccc2)[C@H](c2cccc(F)c2C)C1(F)F)C1CCCNC1. The Morgan fingerprint density at radius 1 is 0.588 bits per heavy atom. The molecule has 4 aliphatic rings. The minimum Gasteiger partial charge on any atom is -0.383 e. The van der Waals surface area contributed by atoms with Gasteiger partial charge in [0.15, 0.2) is 28.4 Å². The van der Waals surface area contributed by atoms with Gasteiger partial charge in [0.1, 0.15) is 11.6 Å². The van der Waals surface area contributed by atoms with Crippen LogP contribution >= 0.6 is 0 Å². The molecule has 8 atom stereocenters. The van der Waals surface area contributed by atoms with E-state index in [-0.39, 0.29) is 85.4 Å². The Labute approximate surface area is 393 Å². The zero-order valence-electron chi connectivity index (χ0n) is 38.9. The van der Waals surface area contributed by atoms with Gasteiger partial charge in [-0.25, -0.2) is 26.3 Å². The van der Waals surface area contributed by atoms with Crippen LogP contribution in [0.5, 0.6) is 0 Å². The summed E-state index contributed by atoms with van der Waals surface area (Å²) in [5.41, 5.74) is -7.34. The highest BCUT2D eigenvalue weighted by Gasteiger charge is 2.86. The molecule has 364 valence electrons. The zero-order chi connectivity index (χ0) is 48.6. The summed E-state index contributed by atoms with van der Waals surface area (Å²) in [5.74, 6) is -21.0. The van der Waals surface area contributed by atoms with Crippen LogP contribution in [0.15, 0.2) is 97.1 Å². The Balaban J connectivity index is 1.53. The molecule has 4 saturated heterocycles. The van der Waals surface area contributed by atoms with E-state index in [0.29, 0.717) is 13.1 Å². The molecule has 9 nitrogen and oxygen atoms in total. The number of ether oxygens (including phenoxy) is 2. The minimum atomic E-state index is -4.40. The lowest BCUT2D eigenvalue weighted by Gasteiger charge is -2.56. The average Bonchev–Trinajstić information content (AvgIpc) is 3.69. The van der Waals surface area contributed by atoms with Crippen molar-refractivity contribution in [3.05, 3.63) is 142 Å². The van der Waals surface area contributed by atoms with E-state index in [1.54, 1.807) is 36.4 Å². The maximum atomic E-state index is 19.8. The van der Waals surface area contributed by atoms with Crippen molar-refractivity contribution >= 4 is 17.3 Å². The smallest absolute Gasteiger partial charge is 0.282 e. The summed E-state index contributed by atoms with van der Waals surface area (Å²) in [6, 6.07) is 19.0. The van der Waals surface area contributed by atoms with E-state index >= 15 is 40.7 Å². The van der Waals surface area contributed by atoms with Crippen molar-refractivity contribution in [2.24, 2.45) is 11.8 Å². The van der Waals surface area contributed by atoms with E-state index in [4.69, 9.17) is 9.47 Å². The first kappa shape index (κ1) is 49.6. The van der Waals surface area contributed by atoms with E-state index in [1.165, 1.54) is 76.6 Å². The molecule has 4 aliphatic heterocycles. The van der Waals surface area contributed by atoms with Crippen LogP contribution in [0.25, 0.3) is 0 Å². The van der Waals surface area contributed by atoms with E-state index in [1.807, 2.05) is 0 Å². The number of rotatable bonds is 16. The lowest BCUT2D eigenvalue weighted by atomic mass is 9.59. The molecule has 0 amide bonds. The van der Waals surface area contributed by atoms with Crippen molar-refractivity contribution in [2.75, 3.05) is 66.7 Å². The van der Waals surface area contributed by atoms with Gasteiger partial charge in [0, 0.05) is 63.4 Å². The summed E-state index contributed by atoms with van der Waals surface area (Å²) < 4.78 is 122. The molecule has 0 bridgehead atoms. The predicted molar refractivity (Wildman–Crippen MR) is 246 cm³/mol. The van der Waals surface area contributed by atoms with Crippen molar-refractivity contribution < 1.29 is 50.2 Å². The molecule has 0 saturated carbocycles. The second kappa shape index (κ2) is 19.9. The molecule has 68 heavy (non-hydrogen) atoms. The molecule has 2 N–H and O–H groups in total. The maximum Gasteiger partial charge on any atom is 0.282 e. The number of nitrogens with one attached hydrogen (secondary N) is 2. The van der Waals surface area contributed by atoms with Crippen LogP contribution in [0.2, 0.25) is 0 Å². The van der Waals surface area contributed by atoms with Gasteiger partial charge in [0.2, 0.25) is 0 Å². The quantitative estimate of drug-likeness (QED) is 0.0852. The van der Waals surface area contributed by atoms with Crippen molar-refractivity contribution in [1.82, 2.24) is 20.4 Å². The number of Topliss-reactive ketones (excluding diaryl/α,β-unsaturated/α-hetero) is 3. The second-order valence-electron chi connectivity index (χ2n) is 18.8. The fourth-order valence-corrected chi connectivity index (χ4v) is 12.5. The predicted octanol–water partition coefficient (Wildman–Crippen LogP) is 8.19. The Kier molecular flexibility index (Phi) is 14.5. The molecule has 15 heteroatoms. The third kappa shape index (κ3) is 7.76. The highest BCUT2D eigenvalue weighted by Crippen LogP contribution is 2.67. The van der Waals surface area contributed by atoms with E-state index in [9.17, 15) is 0 Å². The maximum absolute atomic E-state index is 19.8. The summed E-state index contributed by atoms with van der Waals surface area (Å²) in [5, 5.41) is 6.37. The van der Waals surface area contributed by atoms with Crippen LogP contribution in [-0.4, -0.2) is 129 Å². The monoisotopic (exact) mass is 946 g/mol. The van der Waals surface area contributed by atoms with Crippen molar-refractivity contribution in [3.63, 3.8) is 0 Å². The van der Waals surface area contributed by atoms with Gasteiger partial charge in [-0.2, -0.15) is 0 Å². The summed E-state index contributed by atoms with van der Waals surface area (Å²) >= 11 is 0. The minimum absolute atomic E-state index is 0.0223. The highest BCUT2D eigenvalue weighted by molar-refractivity contribution is 6.08. The molecule has 0 aromatic heterocycles. The number of benzene rings is 4. The Morgan fingerprint density at radius 2 is 0.971 bits per heavy atom. The largest absolute Gasteiger partial charge is 0.383 e. The number of likely N-dealkylation sites (tertiary alicyclic amines) is 2. The first-order chi connectivity index (χ1) is 32.6. The summed E-state index contributed by atoms with van der Waals surface area (Å²) in [4.78, 5) is 50.7.